The van der Waals surface area contributed by atoms with Crippen molar-refractivity contribution in [2.75, 3.05) is 6.54 Å². The van der Waals surface area contributed by atoms with Crippen LogP contribution in [-0.4, -0.2) is 11.5 Å². The second kappa shape index (κ2) is 5.61. The third-order valence-electron chi connectivity index (χ3n) is 2.30. The Labute approximate surface area is 95.8 Å². The summed E-state index contributed by atoms with van der Waals surface area (Å²) in [4.78, 5) is 10.5. The summed E-state index contributed by atoms with van der Waals surface area (Å²) in [6.07, 6.45) is 0. The Morgan fingerprint density at radius 1 is 1.44 bits per heavy atom. The maximum absolute atomic E-state index is 10.8. The lowest BCUT2D eigenvalue weighted by Crippen LogP contribution is -2.19. The van der Waals surface area contributed by atoms with Crippen molar-refractivity contribution in [3.8, 4) is 0 Å². The van der Waals surface area contributed by atoms with Crippen LogP contribution in [0.4, 0.5) is 5.69 Å². The zero-order chi connectivity index (χ0) is 12.1. The Morgan fingerprint density at radius 3 is 2.69 bits per heavy atom. The van der Waals surface area contributed by atoms with E-state index in [2.05, 4.69) is 19.2 Å². The summed E-state index contributed by atoms with van der Waals surface area (Å²) in [5.41, 5.74) is 2.00. The van der Waals surface area contributed by atoms with Crippen LogP contribution in [0.3, 0.4) is 0 Å². The number of nitrogens with zero attached hydrogens (tertiary/aromatic N) is 1. The van der Waals surface area contributed by atoms with E-state index in [4.69, 9.17) is 0 Å². The van der Waals surface area contributed by atoms with Crippen molar-refractivity contribution in [2.24, 2.45) is 5.92 Å². The molecule has 0 atom stereocenters. The molecule has 0 unspecified atom stereocenters. The molecule has 0 amide bonds. The first-order chi connectivity index (χ1) is 7.50. The van der Waals surface area contributed by atoms with Crippen LogP contribution >= 0.6 is 0 Å². The van der Waals surface area contributed by atoms with E-state index in [1.165, 1.54) is 0 Å². The van der Waals surface area contributed by atoms with Gasteiger partial charge in [-0.05, 0) is 25.5 Å². The third-order valence-corrected chi connectivity index (χ3v) is 2.30. The average Bonchev–Trinajstić information content (AvgIpc) is 2.16. The van der Waals surface area contributed by atoms with Crippen LogP contribution in [0.2, 0.25) is 0 Å². The Morgan fingerprint density at radius 2 is 2.12 bits per heavy atom. The number of hydrogen-bond donors (Lipinski definition) is 1. The molecule has 4 nitrogen and oxygen atoms in total. The fourth-order valence-electron chi connectivity index (χ4n) is 1.53. The zero-order valence-corrected chi connectivity index (χ0v) is 9.99. The van der Waals surface area contributed by atoms with Gasteiger partial charge in [0.2, 0.25) is 0 Å². The smallest absolute Gasteiger partial charge is 0.273 e. The number of nitro benzene ring substituents is 1. The maximum Gasteiger partial charge on any atom is 0.273 e. The van der Waals surface area contributed by atoms with Gasteiger partial charge < -0.3 is 5.32 Å². The highest BCUT2D eigenvalue weighted by Gasteiger charge is 2.12. The Kier molecular flexibility index (Phi) is 4.43. The van der Waals surface area contributed by atoms with Gasteiger partial charge in [-0.2, -0.15) is 0 Å². The highest BCUT2D eigenvalue weighted by molar-refractivity contribution is 5.42. The Hall–Kier alpha value is -1.42. The molecule has 0 saturated heterocycles. The van der Waals surface area contributed by atoms with E-state index >= 15 is 0 Å². The van der Waals surface area contributed by atoms with E-state index in [1.807, 2.05) is 13.0 Å². The van der Waals surface area contributed by atoms with E-state index in [0.717, 1.165) is 17.7 Å². The van der Waals surface area contributed by atoms with Crippen LogP contribution in [0.5, 0.6) is 0 Å². The number of aryl methyl sites for hydroxylation is 1. The van der Waals surface area contributed by atoms with Gasteiger partial charge in [-0.25, -0.2) is 0 Å². The van der Waals surface area contributed by atoms with Crippen molar-refractivity contribution in [3.63, 3.8) is 0 Å². The average molecular weight is 222 g/mol. The highest BCUT2D eigenvalue weighted by Crippen LogP contribution is 2.19. The summed E-state index contributed by atoms with van der Waals surface area (Å²) in [6, 6.07) is 5.21. The molecule has 0 aromatic heterocycles. The topological polar surface area (TPSA) is 55.2 Å². The van der Waals surface area contributed by atoms with Gasteiger partial charge in [0.25, 0.3) is 5.69 Å². The summed E-state index contributed by atoms with van der Waals surface area (Å²) >= 11 is 0. The predicted octanol–water partition coefficient (Wildman–Crippen LogP) is 2.65. The standard InChI is InChI=1S/C12H18N2O2/c1-9(2)7-13-8-11-6-10(3)4-5-12(11)14(15)16/h4-6,9,13H,7-8H2,1-3H3. The van der Waals surface area contributed by atoms with Crippen LogP contribution in [-0.2, 0) is 6.54 Å². The van der Waals surface area contributed by atoms with E-state index < -0.39 is 0 Å². The third kappa shape index (κ3) is 3.62. The summed E-state index contributed by atoms with van der Waals surface area (Å²) in [6.45, 7) is 7.58. The quantitative estimate of drug-likeness (QED) is 0.615. The molecule has 1 N–H and O–H groups in total. The minimum atomic E-state index is -0.328. The van der Waals surface area contributed by atoms with Gasteiger partial charge in [-0.3, -0.25) is 10.1 Å². The van der Waals surface area contributed by atoms with Crippen molar-refractivity contribution in [3.05, 3.63) is 39.4 Å². The second-order valence-electron chi connectivity index (χ2n) is 4.41. The SMILES string of the molecule is Cc1ccc([N+](=O)[O-])c(CNCC(C)C)c1. The lowest BCUT2D eigenvalue weighted by atomic mass is 10.1. The van der Waals surface area contributed by atoms with E-state index in [1.54, 1.807) is 12.1 Å². The molecule has 0 heterocycles. The fraction of sp³-hybridized carbons (Fsp3) is 0.500. The number of nitrogens with one attached hydrogen (secondary N) is 1. The predicted molar refractivity (Wildman–Crippen MR) is 64.4 cm³/mol. The Balaban J connectivity index is 2.76. The molecule has 0 aliphatic rings. The van der Waals surface area contributed by atoms with Gasteiger partial charge in [0, 0.05) is 18.2 Å². The highest BCUT2D eigenvalue weighted by atomic mass is 16.6. The summed E-state index contributed by atoms with van der Waals surface area (Å²) in [5.74, 6) is 0.545. The van der Waals surface area contributed by atoms with Gasteiger partial charge in [-0.1, -0.05) is 25.5 Å². The first-order valence-corrected chi connectivity index (χ1v) is 5.45. The van der Waals surface area contributed by atoms with Gasteiger partial charge in [0.05, 0.1) is 4.92 Å². The summed E-state index contributed by atoms with van der Waals surface area (Å²) in [7, 11) is 0. The molecule has 0 fully saturated rings. The molecule has 0 bridgehead atoms. The van der Waals surface area contributed by atoms with Crippen molar-refractivity contribution < 1.29 is 4.92 Å². The number of nitro groups is 1. The number of benzene rings is 1. The maximum atomic E-state index is 10.8. The first-order valence-electron chi connectivity index (χ1n) is 5.45. The largest absolute Gasteiger partial charge is 0.312 e. The zero-order valence-electron chi connectivity index (χ0n) is 9.99. The van der Waals surface area contributed by atoms with Gasteiger partial charge in [0.15, 0.2) is 0 Å². The molecule has 16 heavy (non-hydrogen) atoms. The van der Waals surface area contributed by atoms with Crippen LogP contribution in [0.1, 0.15) is 25.0 Å². The molecule has 0 aliphatic heterocycles. The molecule has 0 spiro atoms. The van der Waals surface area contributed by atoms with Crippen molar-refractivity contribution in [1.82, 2.24) is 5.32 Å². The summed E-state index contributed by atoms with van der Waals surface area (Å²) in [5, 5.41) is 14.0. The van der Waals surface area contributed by atoms with E-state index in [0.29, 0.717) is 12.5 Å². The molecule has 1 rings (SSSR count). The Bertz CT molecular complexity index is 375. The van der Waals surface area contributed by atoms with Gasteiger partial charge >= 0.3 is 0 Å². The lowest BCUT2D eigenvalue weighted by Gasteiger charge is -2.08. The molecule has 1 aromatic rings. The molecule has 88 valence electrons. The van der Waals surface area contributed by atoms with Gasteiger partial charge in [-0.15, -0.1) is 0 Å². The fourth-order valence-corrected chi connectivity index (χ4v) is 1.53. The van der Waals surface area contributed by atoms with Crippen LogP contribution < -0.4 is 5.32 Å². The molecule has 0 aliphatic carbocycles. The van der Waals surface area contributed by atoms with Crippen molar-refractivity contribution in [2.45, 2.75) is 27.3 Å². The molecule has 0 radical (unpaired) electrons. The molecule has 0 saturated carbocycles. The molecule has 1 aromatic carbocycles. The normalized spacial score (nSPS) is 10.8. The van der Waals surface area contributed by atoms with Crippen molar-refractivity contribution >= 4 is 5.69 Å². The monoisotopic (exact) mass is 222 g/mol. The minimum Gasteiger partial charge on any atom is -0.312 e. The molecular weight excluding hydrogens is 204 g/mol. The van der Waals surface area contributed by atoms with E-state index in [-0.39, 0.29) is 10.6 Å². The lowest BCUT2D eigenvalue weighted by molar-refractivity contribution is -0.385. The first kappa shape index (κ1) is 12.6. The molecule has 4 heteroatoms. The minimum absolute atomic E-state index is 0.196. The second-order valence-corrected chi connectivity index (χ2v) is 4.41. The van der Waals surface area contributed by atoms with Crippen LogP contribution in [0.25, 0.3) is 0 Å². The number of hydrogen-bond acceptors (Lipinski definition) is 3. The van der Waals surface area contributed by atoms with E-state index in [9.17, 15) is 10.1 Å². The summed E-state index contributed by atoms with van der Waals surface area (Å²) < 4.78 is 0. The van der Waals surface area contributed by atoms with Gasteiger partial charge in [0.1, 0.15) is 0 Å². The number of rotatable bonds is 5. The molecular formula is C12H18N2O2. The van der Waals surface area contributed by atoms with Crippen molar-refractivity contribution in [1.29, 1.82) is 0 Å². The van der Waals surface area contributed by atoms with Crippen LogP contribution in [0, 0.1) is 23.0 Å². The van der Waals surface area contributed by atoms with Crippen LogP contribution in [0.15, 0.2) is 18.2 Å².